The SMILES string of the molecule is Cc1ccc(OF)c2c1C(=O)c1sccc1CS2. The summed E-state index contributed by atoms with van der Waals surface area (Å²) in [4.78, 5) is 17.7. The molecule has 0 N–H and O–H groups in total. The first-order valence-corrected chi connectivity index (χ1v) is 7.25. The van der Waals surface area contributed by atoms with Gasteiger partial charge in [-0.15, -0.1) is 23.1 Å². The zero-order valence-corrected chi connectivity index (χ0v) is 11.2. The lowest BCUT2D eigenvalue weighted by molar-refractivity contribution is -0.00971. The van der Waals surface area contributed by atoms with Gasteiger partial charge < -0.3 is 0 Å². The van der Waals surface area contributed by atoms with Crippen molar-refractivity contribution in [2.24, 2.45) is 0 Å². The van der Waals surface area contributed by atoms with Crippen LogP contribution in [-0.4, -0.2) is 5.78 Å². The molecule has 0 radical (unpaired) electrons. The molecule has 0 atom stereocenters. The van der Waals surface area contributed by atoms with Crippen LogP contribution in [0.25, 0.3) is 0 Å². The highest BCUT2D eigenvalue weighted by Gasteiger charge is 2.27. The zero-order valence-electron chi connectivity index (χ0n) is 9.53. The molecule has 92 valence electrons. The van der Waals surface area contributed by atoms with Gasteiger partial charge in [0.1, 0.15) is 0 Å². The third-order valence-corrected chi connectivity index (χ3v) is 5.07. The quantitative estimate of drug-likeness (QED) is 0.784. The minimum atomic E-state index is -0.0311. The van der Waals surface area contributed by atoms with E-state index in [9.17, 15) is 9.32 Å². The summed E-state index contributed by atoms with van der Waals surface area (Å²) in [6.45, 7) is 1.86. The monoisotopic (exact) mass is 280 g/mol. The molecular formula is C13H9FO2S2. The first-order chi connectivity index (χ1) is 8.72. The number of carbonyl (C=O) groups is 1. The molecule has 0 spiro atoms. The first-order valence-electron chi connectivity index (χ1n) is 5.38. The maximum Gasteiger partial charge on any atom is 0.204 e. The van der Waals surface area contributed by atoms with Crippen molar-refractivity contribution in [1.82, 2.24) is 0 Å². The standard InChI is InChI=1S/C13H9FO2S2/c1-7-2-3-9(16-14)13-10(7)11(15)12-8(6-18-13)4-5-17-12/h2-5H,6H2,1H3. The fourth-order valence-corrected chi connectivity index (χ4v) is 4.20. The number of rotatable bonds is 1. The van der Waals surface area contributed by atoms with Crippen molar-refractivity contribution in [3.8, 4) is 5.75 Å². The summed E-state index contributed by atoms with van der Waals surface area (Å²) >= 11 is 2.88. The topological polar surface area (TPSA) is 26.3 Å². The maximum absolute atomic E-state index is 12.5. The van der Waals surface area contributed by atoms with Crippen molar-refractivity contribution in [3.63, 3.8) is 0 Å². The predicted octanol–water partition coefficient (Wildman–Crippen LogP) is 4.16. The van der Waals surface area contributed by atoms with Gasteiger partial charge in [-0.1, -0.05) is 6.07 Å². The van der Waals surface area contributed by atoms with Crippen LogP contribution in [0.4, 0.5) is 4.53 Å². The second-order valence-electron chi connectivity index (χ2n) is 4.05. The van der Waals surface area contributed by atoms with Crippen LogP contribution < -0.4 is 4.94 Å². The number of thiophene rings is 1. The van der Waals surface area contributed by atoms with Gasteiger partial charge in [0.25, 0.3) is 0 Å². The Morgan fingerprint density at radius 3 is 2.94 bits per heavy atom. The summed E-state index contributed by atoms with van der Waals surface area (Å²) in [5.41, 5.74) is 2.43. The zero-order chi connectivity index (χ0) is 12.7. The summed E-state index contributed by atoms with van der Waals surface area (Å²) in [6, 6.07) is 5.22. The molecular weight excluding hydrogens is 271 g/mol. The minimum absolute atomic E-state index is 0.0311. The Bertz CT molecular complexity index is 634. The summed E-state index contributed by atoms with van der Waals surface area (Å²) in [7, 11) is 0. The average molecular weight is 280 g/mol. The van der Waals surface area contributed by atoms with E-state index >= 15 is 0 Å². The lowest BCUT2D eigenvalue weighted by Crippen LogP contribution is -2.04. The van der Waals surface area contributed by atoms with E-state index in [0.717, 1.165) is 16.0 Å². The first kappa shape index (κ1) is 11.7. The van der Waals surface area contributed by atoms with E-state index in [2.05, 4.69) is 4.94 Å². The molecule has 0 unspecified atom stereocenters. The van der Waals surface area contributed by atoms with Gasteiger partial charge in [-0.2, -0.15) is 0 Å². The molecule has 1 aliphatic rings. The number of aryl methyl sites for hydroxylation is 1. The van der Waals surface area contributed by atoms with Gasteiger partial charge in [-0.05, 0) is 35.6 Å². The second kappa shape index (κ2) is 4.40. The van der Waals surface area contributed by atoms with E-state index in [1.165, 1.54) is 23.1 Å². The molecule has 18 heavy (non-hydrogen) atoms. The number of fused-ring (bicyclic) bond motifs is 2. The third kappa shape index (κ3) is 1.66. The van der Waals surface area contributed by atoms with E-state index in [1.54, 1.807) is 12.1 Å². The molecule has 0 bridgehead atoms. The van der Waals surface area contributed by atoms with Crippen LogP contribution in [0.5, 0.6) is 5.75 Å². The van der Waals surface area contributed by atoms with E-state index in [4.69, 9.17) is 0 Å². The van der Waals surface area contributed by atoms with Crippen LogP contribution in [-0.2, 0) is 5.75 Å². The van der Waals surface area contributed by atoms with E-state index in [1.807, 2.05) is 18.4 Å². The van der Waals surface area contributed by atoms with Crippen molar-refractivity contribution in [1.29, 1.82) is 0 Å². The summed E-state index contributed by atoms with van der Waals surface area (Å²) in [5, 5.41) is 1.92. The summed E-state index contributed by atoms with van der Waals surface area (Å²) < 4.78 is 12.5. The van der Waals surface area contributed by atoms with Crippen molar-refractivity contribution < 1.29 is 14.3 Å². The number of carbonyl (C=O) groups excluding carboxylic acids is 1. The third-order valence-electron chi connectivity index (χ3n) is 2.97. The smallest absolute Gasteiger partial charge is 0.204 e. The van der Waals surface area contributed by atoms with Crippen LogP contribution >= 0.6 is 23.1 Å². The Morgan fingerprint density at radius 1 is 1.33 bits per heavy atom. The van der Waals surface area contributed by atoms with Gasteiger partial charge in [-0.3, -0.25) is 9.74 Å². The van der Waals surface area contributed by atoms with E-state index in [0.29, 0.717) is 16.2 Å². The molecule has 1 aromatic carbocycles. The lowest BCUT2D eigenvalue weighted by atomic mass is 10.0. The normalized spacial score (nSPS) is 13.8. The van der Waals surface area contributed by atoms with Gasteiger partial charge >= 0.3 is 0 Å². The molecule has 3 rings (SSSR count). The number of hydrogen-bond donors (Lipinski definition) is 0. The highest BCUT2D eigenvalue weighted by molar-refractivity contribution is 7.98. The van der Waals surface area contributed by atoms with Crippen molar-refractivity contribution >= 4 is 28.9 Å². The van der Waals surface area contributed by atoms with E-state index in [-0.39, 0.29) is 11.5 Å². The minimum Gasteiger partial charge on any atom is -0.293 e. The van der Waals surface area contributed by atoms with Gasteiger partial charge in [0, 0.05) is 15.8 Å². The Hall–Kier alpha value is -1.33. The molecule has 2 nitrogen and oxygen atoms in total. The van der Waals surface area contributed by atoms with Gasteiger partial charge in [0.15, 0.2) is 5.75 Å². The molecule has 2 aromatic rings. The molecule has 0 fully saturated rings. The van der Waals surface area contributed by atoms with Crippen LogP contribution in [0.15, 0.2) is 28.5 Å². The largest absolute Gasteiger partial charge is 0.293 e. The molecule has 1 aromatic heterocycles. The van der Waals surface area contributed by atoms with Crippen LogP contribution in [0.3, 0.4) is 0 Å². The highest BCUT2D eigenvalue weighted by Crippen LogP contribution is 2.42. The second-order valence-corrected chi connectivity index (χ2v) is 5.96. The number of halogens is 1. The molecule has 1 aliphatic heterocycles. The van der Waals surface area contributed by atoms with Gasteiger partial charge in [0.05, 0.1) is 9.77 Å². The van der Waals surface area contributed by atoms with Crippen molar-refractivity contribution in [2.45, 2.75) is 17.6 Å². The summed E-state index contributed by atoms with van der Waals surface area (Å²) in [6.07, 6.45) is 0. The van der Waals surface area contributed by atoms with E-state index < -0.39 is 0 Å². The van der Waals surface area contributed by atoms with Gasteiger partial charge in [-0.25, -0.2) is 0 Å². The average Bonchev–Trinajstić information content (AvgIpc) is 2.79. The fourth-order valence-electron chi connectivity index (χ4n) is 2.06. The molecule has 0 aliphatic carbocycles. The van der Waals surface area contributed by atoms with Crippen molar-refractivity contribution in [3.05, 3.63) is 45.1 Å². The highest BCUT2D eigenvalue weighted by atomic mass is 32.2. The molecule has 0 amide bonds. The number of thioether (sulfide) groups is 1. The maximum atomic E-state index is 12.5. The summed E-state index contributed by atoms with van der Waals surface area (Å²) in [5.74, 6) is 0.762. The van der Waals surface area contributed by atoms with Crippen LogP contribution in [0, 0.1) is 6.92 Å². The lowest BCUT2D eigenvalue weighted by Gasteiger charge is -2.09. The molecule has 0 saturated heterocycles. The van der Waals surface area contributed by atoms with Gasteiger partial charge in [0.2, 0.25) is 5.78 Å². The Morgan fingerprint density at radius 2 is 2.17 bits per heavy atom. The Labute approximate surface area is 112 Å². The Kier molecular flexibility index (Phi) is 2.87. The molecule has 0 saturated carbocycles. The van der Waals surface area contributed by atoms with Crippen molar-refractivity contribution in [2.75, 3.05) is 0 Å². The Balaban J connectivity index is 2.26. The number of ketones is 1. The predicted molar refractivity (Wildman–Crippen MR) is 70.2 cm³/mol. The molecule has 2 heterocycles. The fraction of sp³-hybridized carbons (Fsp3) is 0.154. The van der Waals surface area contributed by atoms with Crippen LogP contribution in [0.2, 0.25) is 0 Å². The number of hydrogen-bond acceptors (Lipinski definition) is 4. The van der Waals surface area contributed by atoms with Crippen LogP contribution in [0.1, 0.15) is 26.4 Å². The molecule has 5 heteroatoms. The number of benzene rings is 1.